The molecule has 0 saturated heterocycles. The number of hydrogen-bond acceptors (Lipinski definition) is 3. The quantitative estimate of drug-likeness (QED) is 0.609. The zero-order valence-corrected chi connectivity index (χ0v) is 16.5. The molecule has 27 heavy (non-hydrogen) atoms. The van der Waals surface area contributed by atoms with Gasteiger partial charge in [-0.15, -0.1) is 0 Å². The molecule has 1 heterocycles. The lowest BCUT2D eigenvalue weighted by Gasteiger charge is -2.34. The Morgan fingerprint density at radius 3 is 2.48 bits per heavy atom. The molecule has 3 atom stereocenters. The highest BCUT2D eigenvalue weighted by molar-refractivity contribution is 6.31. The molecule has 4 rings (SSSR count). The van der Waals surface area contributed by atoms with Crippen LogP contribution in [0.4, 0.5) is 0 Å². The molecule has 0 radical (unpaired) electrons. The van der Waals surface area contributed by atoms with Gasteiger partial charge in [-0.2, -0.15) is 0 Å². The lowest BCUT2D eigenvalue weighted by atomic mass is 9.88. The second-order valence-electron chi connectivity index (χ2n) is 7.27. The Kier molecular flexibility index (Phi) is 5.65. The normalized spacial score (nSPS) is 21.3. The van der Waals surface area contributed by atoms with Crippen LogP contribution in [0.15, 0.2) is 54.7 Å². The molecule has 3 N–H and O–H groups in total. The van der Waals surface area contributed by atoms with Gasteiger partial charge in [0.05, 0.1) is 11.6 Å². The van der Waals surface area contributed by atoms with Crippen LogP contribution in [0.1, 0.15) is 42.9 Å². The van der Waals surface area contributed by atoms with Crippen LogP contribution in [0.5, 0.6) is 0 Å². The van der Waals surface area contributed by atoms with Crippen LogP contribution in [0.3, 0.4) is 0 Å². The van der Waals surface area contributed by atoms with Gasteiger partial charge in [-0.1, -0.05) is 54.2 Å². The molecule has 1 fully saturated rings. The highest BCUT2D eigenvalue weighted by Crippen LogP contribution is 2.32. The first-order valence-electron chi connectivity index (χ1n) is 9.43. The van der Waals surface area contributed by atoms with Crippen molar-refractivity contribution in [2.24, 2.45) is 5.73 Å². The average Bonchev–Trinajstić information content (AvgIpc) is 2.68. The number of nitrogens with zero attached hydrogens (tertiary/aromatic N) is 1. The standard InChI is InChI=1S/C22H23Cl2N3/c23-15-7-5-14(6-8-15)22(27-20-4-2-1-3-19(20)25)18-11-12-26-21-13-16(24)9-10-17(18)21/h5-13,19-20,22,27H,1-4,25H2. The molecule has 3 nitrogen and oxygen atoms in total. The summed E-state index contributed by atoms with van der Waals surface area (Å²) in [7, 11) is 0. The van der Waals surface area contributed by atoms with Gasteiger partial charge in [0.2, 0.25) is 0 Å². The Hall–Kier alpha value is -1.65. The minimum atomic E-state index is 0.0168. The summed E-state index contributed by atoms with van der Waals surface area (Å²) in [6, 6.07) is 16.5. The van der Waals surface area contributed by atoms with Crippen molar-refractivity contribution in [2.75, 3.05) is 0 Å². The number of aromatic nitrogens is 1. The second kappa shape index (κ2) is 8.15. The first-order valence-corrected chi connectivity index (χ1v) is 10.2. The van der Waals surface area contributed by atoms with Gasteiger partial charge >= 0.3 is 0 Å². The molecule has 3 unspecified atom stereocenters. The third-order valence-electron chi connectivity index (χ3n) is 5.45. The fraction of sp³-hybridized carbons (Fsp3) is 0.318. The van der Waals surface area contributed by atoms with Crippen LogP contribution < -0.4 is 11.1 Å². The van der Waals surface area contributed by atoms with E-state index in [1.807, 2.05) is 36.5 Å². The van der Waals surface area contributed by atoms with Gasteiger partial charge in [-0.3, -0.25) is 4.98 Å². The molecule has 1 saturated carbocycles. The Morgan fingerprint density at radius 2 is 1.70 bits per heavy atom. The van der Waals surface area contributed by atoms with Gasteiger partial charge in [0.15, 0.2) is 0 Å². The lowest BCUT2D eigenvalue weighted by Crippen LogP contribution is -2.48. The molecule has 1 aromatic heterocycles. The summed E-state index contributed by atoms with van der Waals surface area (Å²) < 4.78 is 0. The van der Waals surface area contributed by atoms with E-state index in [-0.39, 0.29) is 18.1 Å². The number of nitrogens with one attached hydrogen (secondary N) is 1. The summed E-state index contributed by atoms with van der Waals surface area (Å²) in [6.07, 6.45) is 6.43. The summed E-state index contributed by atoms with van der Waals surface area (Å²) in [5.41, 5.74) is 9.67. The SMILES string of the molecule is NC1CCCCC1NC(c1ccc(Cl)cc1)c1ccnc2cc(Cl)ccc12. The maximum Gasteiger partial charge on any atom is 0.0720 e. The van der Waals surface area contributed by atoms with Crippen molar-refractivity contribution in [1.29, 1.82) is 0 Å². The van der Waals surface area contributed by atoms with E-state index in [4.69, 9.17) is 28.9 Å². The van der Waals surface area contributed by atoms with Crippen LogP contribution in [0, 0.1) is 0 Å². The molecule has 0 amide bonds. The van der Waals surface area contributed by atoms with E-state index >= 15 is 0 Å². The number of halogens is 2. The van der Waals surface area contributed by atoms with E-state index in [9.17, 15) is 0 Å². The molecule has 2 aromatic carbocycles. The number of fused-ring (bicyclic) bond motifs is 1. The molecular formula is C22H23Cl2N3. The zero-order chi connectivity index (χ0) is 18.8. The molecular weight excluding hydrogens is 377 g/mol. The van der Waals surface area contributed by atoms with Crippen LogP contribution >= 0.6 is 23.2 Å². The van der Waals surface area contributed by atoms with E-state index in [0.29, 0.717) is 5.02 Å². The molecule has 140 valence electrons. The molecule has 5 heteroatoms. The Morgan fingerprint density at radius 1 is 0.963 bits per heavy atom. The highest BCUT2D eigenvalue weighted by Gasteiger charge is 2.26. The summed E-state index contributed by atoms with van der Waals surface area (Å²) in [4.78, 5) is 4.50. The number of rotatable bonds is 4. The first-order chi connectivity index (χ1) is 13.1. The number of benzene rings is 2. The number of hydrogen-bond donors (Lipinski definition) is 2. The lowest BCUT2D eigenvalue weighted by molar-refractivity contribution is 0.313. The molecule has 0 aliphatic heterocycles. The maximum atomic E-state index is 6.43. The van der Waals surface area contributed by atoms with E-state index in [2.05, 4.69) is 28.5 Å². The molecule has 0 spiro atoms. The smallest absolute Gasteiger partial charge is 0.0720 e. The van der Waals surface area contributed by atoms with E-state index in [0.717, 1.165) is 28.8 Å². The topological polar surface area (TPSA) is 50.9 Å². The number of nitrogens with two attached hydrogens (primary N) is 1. The van der Waals surface area contributed by atoms with Gasteiger partial charge in [0.25, 0.3) is 0 Å². The summed E-state index contributed by atoms with van der Waals surface area (Å²) in [5, 5.41) is 6.36. The first kappa shape index (κ1) is 18.7. The van der Waals surface area contributed by atoms with Gasteiger partial charge in [0, 0.05) is 33.7 Å². The van der Waals surface area contributed by atoms with E-state index < -0.39 is 0 Å². The van der Waals surface area contributed by atoms with Crippen molar-refractivity contribution in [3.8, 4) is 0 Å². The van der Waals surface area contributed by atoms with Crippen molar-refractivity contribution < 1.29 is 0 Å². The zero-order valence-electron chi connectivity index (χ0n) is 15.0. The third kappa shape index (κ3) is 4.12. The van der Waals surface area contributed by atoms with Crippen LogP contribution in [0.2, 0.25) is 10.0 Å². The fourth-order valence-electron chi connectivity index (χ4n) is 4.00. The van der Waals surface area contributed by atoms with Crippen molar-refractivity contribution >= 4 is 34.1 Å². The number of pyridine rings is 1. The Labute approximate surface area is 169 Å². The minimum absolute atomic E-state index is 0.0168. The van der Waals surface area contributed by atoms with Gasteiger partial charge in [-0.25, -0.2) is 0 Å². The minimum Gasteiger partial charge on any atom is -0.326 e. The third-order valence-corrected chi connectivity index (χ3v) is 5.94. The molecule has 0 bridgehead atoms. The maximum absolute atomic E-state index is 6.43. The van der Waals surface area contributed by atoms with Crippen LogP contribution in [-0.2, 0) is 0 Å². The van der Waals surface area contributed by atoms with Gasteiger partial charge in [-0.05, 0) is 54.3 Å². The predicted octanol–water partition coefficient (Wildman–Crippen LogP) is 5.49. The van der Waals surface area contributed by atoms with Crippen molar-refractivity contribution in [1.82, 2.24) is 10.3 Å². The van der Waals surface area contributed by atoms with Crippen molar-refractivity contribution in [2.45, 2.75) is 43.8 Å². The fourth-order valence-corrected chi connectivity index (χ4v) is 4.29. The molecule has 1 aliphatic carbocycles. The molecule has 1 aliphatic rings. The summed E-state index contributed by atoms with van der Waals surface area (Å²) in [6.45, 7) is 0. The van der Waals surface area contributed by atoms with Crippen LogP contribution in [0.25, 0.3) is 10.9 Å². The van der Waals surface area contributed by atoms with Crippen molar-refractivity contribution in [3.05, 3.63) is 75.9 Å². The van der Waals surface area contributed by atoms with Gasteiger partial charge < -0.3 is 11.1 Å². The van der Waals surface area contributed by atoms with Gasteiger partial charge in [0.1, 0.15) is 0 Å². The summed E-state index contributed by atoms with van der Waals surface area (Å²) >= 11 is 12.3. The predicted molar refractivity (Wildman–Crippen MR) is 113 cm³/mol. The van der Waals surface area contributed by atoms with Crippen molar-refractivity contribution in [3.63, 3.8) is 0 Å². The van der Waals surface area contributed by atoms with E-state index in [1.54, 1.807) is 0 Å². The monoisotopic (exact) mass is 399 g/mol. The highest BCUT2D eigenvalue weighted by atomic mass is 35.5. The average molecular weight is 400 g/mol. The summed E-state index contributed by atoms with van der Waals surface area (Å²) in [5.74, 6) is 0. The van der Waals surface area contributed by atoms with Crippen LogP contribution in [-0.4, -0.2) is 17.1 Å². The second-order valence-corrected chi connectivity index (χ2v) is 8.14. The Balaban J connectivity index is 1.79. The van der Waals surface area contributed by atoms with E-state index in [1.165, 1.54) is 24.0 Å². The largest absolute Gasteiger partial charge is 0.326 e. The Bertz CT molecular complexity index is 926. The molecule has 3 aromatic rings.